The van der Waals surface area contributed by atoms with Crippen molar-refractivity contribution in [3.63, 3.8) is 0 Å². The van der Waals surface area contributed by atoms with Gasteiger partial charge in [0.05, 0.1) is 19.3 Å². The lowest BCUT2D eigenvalue weighted by Crippen LogP contribution is -2.43. The number of aldehydes is 1. The van der Waals surface area contributed by atoms with Gasteiger partial charge >= 0.3 is 23.9 Å². The van der Waals surface area contributed by atoms with Crippen LogP contribution in [0.15, 0.2) is 0 Å². The van der Waals surface area contributed by atoms with Crippen molar-refractivity contribution in [2.45, 2.75) is 173 Å². The lowest BCUT2D eigenvalue weighted by atomic mass is 9.93. The Morgan fingerprint density at radius 3 is 1.45 bits per heavy atom. The van der Waals surface area contributed by atoms with Gasteiger partial charge in [0.1, 0.15) is 24.7 Å². The number of carbonyl (C=O) groups excluding carboxylic acids is 5. The van der Waals surface area contributed by atoms with E-state index < -0.39 is 66.6 Å². The number of ketones is 2. The van der Waals surface area contributed by atoms with Gasteiger partial charge in [-0.15, -0.1) is 0 Å². The molecule has 0 rings (SSSR count). The molecule has 332 valence electrons. The Morgan fingerprint density at radius 1 is 0.466 bits per heavy atom. The maximum Gasteiger partial charge on any atom is 0.326 e. The number of ether oxygens (including phenoxy) is 2. The van der Waals surface area contributed by atoms with Crippen molar-refractivity contribution in [1.29, 1.82) is 0 Å². The predicted molar refractivity (Wildman–Crippen MR) is 211 cm³/mol. The van der Waals surface area contributed by atoms with Crippen LogP contribution < -0.4 is 10.6 Å². The summed E-state index contributed by atoms with van der Waals surface area (Å²) in [7, 11) is 0. The molecule has 0 saturated carbocycles. The first-order valence-corrected chi connectivity index (χ1v) is 20.9. The lowest BCUT2D eigenvalue weighted by Gasteiger charge is -2.19. The Bertz CT molecular complexity index is 1240. The summed E-state index contributed by atoms with van der Waals surface area (Å²) in [6, 6.07) is -2.35. The number of carboxylic acid groups (broad SMARTS) is 4. The van der Waals surface area contributed by atoms with Gasteiger partial charge in [-0.25, -0.2) is 4.79 Å². The zero-order chi connectivity index (χ0) is 43.4. The first-order chi connectivity index (χ1) is 27.7. The van der Waals surface area contributed by atoms with Crippen LogP contribution in [0.2, 0.25) is 0 Å². The number of hydrogen-bond donors (Lipinski definition) is 6. The standard InChI is InChI=1S/C41H68N2O15/c44-29-31(19-23-39(51)52)28-35(46)33(22-24-40(53)54)42-37(48)30-58-27-26-57-25-15-16-32(45)20-21-34(41(55)56)43-36(47)17-13-11-9-7-5-3-1-2-4-6-8-10-12-14-18-38(49)50/h29,31,33-34H,1-28,30H2,(H,42,48)(H,43,47)(H,49,50)(H,51,52)(H,53,54)(H,55,56)/t31-,33+,34+/m1/s1. The highest BCUT2D eigenvalue weighted by atomic mass is 16.5. The summed E-state index contributed by atoms with van der Waals surface area (Å²) in [6.45, 7) is -0.172. The number of hydrogen-bond acceptors (Lipinski definition) is 11. The van der Waals surface area contributed by atoms with Crippen molar-refractivity contribution in [3.8, 4) is 0 Å². The second-order valence-corrected chi connectivity index (χ2v) is 14.7. The van der Waals surface area contributed by atoms with Gasteiger partial charge in [-0.2, -0.15) is 0 Å². The molecule has 3 atom stereocenters. The molecule has 0 aromatic heterocycles. The smallest absolute Gasteiger partial charge is 0.326 e. The van der Waals surface area contributed by atoms with Crippen molar-refractivity contribution in [1.82, 2.24) is 10.6 Å². The average Bonchev–Trinajstić information content (AvgIpc) is 3.16. The third-order valence-corrected chi connectivity index (χ3v) is 9.49. The molecule has 0 radical (unpaired) electrons. The molecule has 0 fully saturated rings. The number of Topliss-reactive ketones (excluding diaryl/α,β-unsaturated/α-hetero) is 2. The van der Waals surface area contributed by atoms with Gasteiger partial charge in [0.15, 0.2) is 5.78 Å². The summed E-state index contributed by atoms with van der Waals surface area (Å²) in [4.78, 5) is 105. The van der Waals surface area contributed by atoms with Crippen molar-refractivity contribution in [2.75, 3.05) is 26.4 Å². The van der Waals surface area contributed by atoms with Gasteiger partial charge < -0.3 is 45.3 Å². The molecule has 17 nitrogen and oxygen atoms in total. The fraction of sp³-hybridized carbons (Fsp3) is 0.780. The summed E-state index contributed by atoms with van der Waals surface area (Å²) >= 11 is 0. The highest BCUT2D eigenvalue weighted by molar-refractivity contribution is 5.91. The zero-order valence-electron chi connectivity index (χ0n) is 34.1. The fourth-order valence-electron chi connectivity index (χ4n) is 6.14. The molecular weight excluding hydrogens is 760 g/mol. The first-order valence-electron chi connectivity index (χ1n) is 20.9. The summed E-state index contributed by atoms with van der Waals surface area (Å²) in [5.74, 6) is -6.94. The largest absolute Gasteiger partial charge is 0.481 e. The van der Waals surface area contributed by atoms with Gasteiger partial charge in [-0.05, 0) is 38.5 Å². The van der Waals surface area contributed by atoms with Crippen molar-refractivity contribution in [3.05, 3.63) is 0 Å². The van der Waals surface area contributed by atoms with Crippen LogP contribution in [0.5, 0.6) is 0 Å². The van der Waals surface area contributed by atoms with E-state index in [0.29, 0.717) is 19.1 Å². The van der Waals surface area contributed by atoms with Crippen LogP contribution in [0.25, 0.3) is 0 Å². The Morgan fingerprint density at radius 2 is 0.931 bits per heavy atom. The third-order valence-electron chi connectivity index (χ3n) is 9.49. The molecule has 0 saturated heterocycles. The maximum absolute atomic E-state index is 12.7. The zero-order valence-corrected chi connectivity index (χ0v) is 34.1. The van der Waals surface area contributed by atoms with Crippen molar-refractivity contribution < 1.29 is 73.1 Å². The van der Waals surface area contributed by atoms with Gasteiger partial charge in [0.25, 0.3) is 0 Å². The van der Waals surface area contributed by atoms with Gasteiger partial charge in [0.2, 0.25) is 11.8 Å². The molecule has 6 N–H and O–H groups in total. The van der Waals surface area contributed by atoms with E-state index in [2.05, 4.69) is 10.6 Å². The Balaban J connectivity index is 4.06. The topological polar surface area (TPSA) is 277 Å². The molecule has 0 aliphatic carbocycles. The molecule has 58 heavy (non-hydrogen) atoms. The summed E-state index contributed by atoms with van der Waals surface area (Å²) in [5.41, 5.74) is 0. The van der Waals surface area contributed by atoms with E-state index in [1.54, 1.807) is 0 Å². The van der Waals surface area contributed by atoms with Crippen LogP contribution in [0.4, 0.5) is 0 Å². The van der Waals surface area contributed by atoms with E-state index in [1.807, 2.05) is 0 Å². The molecule has 2 amide bonds. The minimum Gasteiger partial charge on any atom is -0.481 e. The quantitative estimate of drug-likeness (QED) is 0.0348. The number of unbranched alkanes of at least 4 members (excludes halogenated alkanes) is 13. The van der Waals surface area contributed by atoms with Crippen molar-refractivity contribution in [2.24, 2.45) is 5.92 Å². The molecule has 17 heteroatoms. The number of amides is 2. The number of rotatable bonds is 42. The molecule has 0 aromatic rings. The Kier molecular flexibility index (Phi) is 33.2. The normalized spacial score (nSPS) is 12.6. The fourth-order valence-corrected chi connectivity index (χ4v) is 6.14. The van der Waals surface area contributed by atoms with Gasteiger partial charge in [-0.1, -0.05) is 77.0 Å². The third kappa shape index (κ3) is 33.8. The SMILES string of the molecule is O=C[C@H](CCC(=O)O)CC(=O)[C@H](CCC(=O)O)NC(=O)COCCOCCCC(=O)CC[C@H](NC(=O)CCCCCCCCCCCCCCCCC(=O)O)C(=O)O. The molecule has 0 aromatic carbocycles. The number of aliphatic carboxylic acids is 4. The summed E-state index contributed by atoms with van der Waals surface area (Å²) < 4.78 is 10.6. The Hall–Kier alpha value is -4.25. The van der Waals surface area contributed by atoms with Crippen LogP contribution >= 0.6 is 0 Å². The maximum atomic E-state index is 12.7. The molecule has 0 heterocycles. The van der Waals surface area contributed by atoms with Crippen molar-refractivity contribution >= 4 is 53.5 Å². The van der Waals surface area contributed by atoms with E-state index in [0.717, 1.165) is 51.4 Å². The second kappa shape index (κ2) is 35.9. The number of nitrogens with one attached hydrogen (secondary N) is 2. The number of carboxylic acids is 4. The Labute approximate surface area is 341 Å². The van der Waals surface area contributed by atoms with E-state index in [1.165, 1.54) is 32.1 Å². The minimum absolute atomic E-state index is 0.0000987. The first kappa shape index (κ1) is 53.8. The molecular formula is C41H68N2O15. The summed E-state index contributed by atoms with van der Waals surface area (Å²) in [6.07, 6.45) is 14.9. The van der Waals surface area contributed by atoms with E-state index >= 15 is 0 Å². The summed E-state index contributed by atoms with van der Waals surface area (Å²) in [5, 5.41) is 40.9. The molecule has 0 unspecified atom stereocenters. The van der Waals surface area contributed by atoms with Crippen LogP contribution in [-0.4, -0.2) is 112 Å². The van der Waals surface area contributed by atoms with E-state index in [-0.39, 0.29) is 89.3 Å². The van der Waals surface area contributed by atoms with Crippen LogP contribution in [0.1, 0.15) is 161 Å². The monoisotopic (exact) mass is 828 g/mol. The average molecular weight is 829 g/mol. The molecule has 0 aliphatic rings. The van der Waals surface area contributed by atoms with Gasteiger partial charge in [-0.3, -0.25) is 33.6 Å². The van der Waals surface area contributed by atoms with E-state index in [4.69, 9.17) is 24.8 Å². The van der Waals surface area contributed by atoms with Crippen LogP contribution in [-0.2, 0) is 52.6 Å². The lowest BCUT2D eigenvalue weighted by molar-refractivity contribution is -0.142. The highest BCUT2D eigenvalue weighted by Crippen LogP contribution is 2.15. The van der Waals surface area contributed by atoms with Crippen LogP contribution in [0.3, 0.4) is 0 Å². The molecule has 0 spiro atoms. The second-order valence-electron chi connectivity index (χ2n) is 14.7. The van der Waals surface area contributed by atoms with Crippen LogP contribution in [0, 0.1) is 5.92 Å². The molecule has 0 aliphatic heterocycles. The minimum atomic E-state index is -1.20. The van der Waals surface area contributed by atoms with Gasteiger partial charge in [0, 0.05) is 57.5 Å². The van der Waals surface area contributed by atoms with E-state index in [9.17, 15) is 48.3 Å². The number of carbonyl (C=O) groups is 9. The highest BCUT2D eigenvalue weighted by Gasteiger charge is 2.25. The predicted octanol–water partition coefficient (Wildman–Crippen LogP) is 5.03. The molecule has 0 bridgehead atoms.